The van der Waals surface area contributed by atoms with Crippen LogP contribution in [-0.2, 0) is 9.47 Å². The molecule has 4 heteroatoms. The first-order chi connectivity index (χ1) is 8.77. The molecule has 0 bridgehead atoms. The van der Waals surface area contributed by atoms with E-state index in [1.54, 1.807) is 7.11 Å². The van der Waals surface area contributed by atoms with Gasteiger partial charge in [-0.2, -0.15) is 0 Å². The van der Waals surface area contributed by atoms with Crippen LogP contribution in [0.4, 0.5) is 0 Å². The first kappa shape index (κ1) is 15.4. The molecule has 0 aliphatic rings. The summed E-state index contributed by atoms with van der Waals surface area (Å²) in [6, 6.07) is 7.96. The second-order valence-electron chi connectivity index (χ2n) is 4.11. The smallest absolute Gasteiger partial charge is 0.0587 e. The van der Waals surface area contributed by atoms with E-state index in [0.29, 0.717) is 12.5 Å². The highest BCUT2D eigenvalue weighted by molar-refractivity contribution is 6.30. The third kappa shape index (κ3) is 5.83. The summed E-state index contributed by atoms with van der Waals surface area (Å²) in [6.07, 6.45) is 0. The summed E-state index contributed by atoms with van der Waals surface area (Å²) in [6.45, 7) is 5.87. The van der Waals surface area contributed by atoms with E-state index >= 15 is 0 Å². The number of ether oxygens (including phenoxy) is 2. The molecule has 0 spiro atoms. The van der Waals surface area contributed by atoms with E-state index in [4.69, 9.17) is 21.1 Å². The van der Waals surface area contributed by atoms with Gasteiger partial charge < -0.3 is 14.8 Å². The van der Waals surface area contributed by atoms with Gasteiger partial charge in [0.05, 0.1) is 13.2 Å². The van der Waals surface area contributed by atoms with Crippen molar-refractivity contribution in [2.24, 2.45) is 0 Å². The van der Waals surface area contributed by atoms with Crippen molar-refractivity contribution in [2.75, 3.05) is 40.0 Å². The molecule has 0 heterocycles. The van der Waals surface area contributed by atoms with Crippen LogP contribution in [0.2, 0.25) is 5.02 Å². The summed E-state index contributed by atoms with van der Waals surface area (Å²) >= 11 is 6.03. The summed E-state index contributed by atoms with van der Waals surface area (Å²) in [5.74, 6) is 0.320. The van der Waals surface area contributed by atoms with Crippen LogP contribution >= 0.6 is 11.6 Å². The van der Waals surface area contributed by atoms with Crippen LogP contribution in [0.15, 0.2) is 24.3 Å². The van der Waals surface area contributed by atoms with E-state index < -0.39 is 0 Å². The molecule has 0 fully saturated rings. The SMILES string of the molecule is CCOCC(CNCCOC)c1cccc(Cl)c1. The largest absolute Gasteiger partial charge is 0.383 e. The van der Waals surface area contributed by atoms with Gasteiger partial charge in [-0.05, 0) is 24.6 Å². The topological polar surface area (TPSA) is 30.5 Å². The Morgan fingerprint density at radius 3 is 2.89 bits per heavy atom. The zero-order valence-electron chi connectivity index (χ0n) is 11.1. The highest BCUT2D eigenvalue weighted by Crippen LogP contribution is 2.19. The average Bonchev–Trinajstić information content (AvgIpc) is 2.38. The normalized spacial score (nSPS) is 12.6. The Balaban J connectivity index is 2.54. The average molecular weight is 272 g/mol. The van der Waals surface area contributed by atoms with Crippen molar-refractivity contribution in [1.29, 1.82) is 0 Å². The maximum absolute atomic E-state index is 6.03. The van der Waals surface area contributed by atoms with Gasteiger partial charge in [-0.1, -0.05) is 23.7 Å². The Morgan fingerprint density at radius 2 is 2.22 bits per heavy atom. The van der Waals surface area contributed by atoms with Crippen molar-refractivity contribution in [3.05, 3.63) is 34.9 Å². The fraction of sp³-hybridized carbons (Fsp3) is 0.571. The van der Waals surface area contributed by atoms with Crippen molar-refractivity contribution in [2.45, 2.75) is 12.8 Å². The van der Waals surface area contributed by atoms with Gasteiger partial charge in [-0.15, -0.1) is 0 Å². The van der Waals surface area contributed by atoms with Gasteiger partial charge in [0.25, 0.3) is 0 Å². The van der Waals surface area contributed by atoms with Crippen LogP contribution in [-0.4, -0.2) is 40.0 Å². The summed E-state index contributed by atoms with van der Waals surface area (Å²) < 4.78 is 10.5. The summed E-state index contributed by atoms with van der Waals surface area (Å²) in [5, 5.41) is 4.13. The van der Waals surface area contributed by atoms with E-state index in [1.165, 1.54) is 5.56 Å². The van der Waals surface area contributed by atoms with E-state index in [1.807, 2.05) is 25.1 Å². The van der Waals surface area contributed by atoms with Gasteiger partial charge in [0.2, 0.25) is 0 Å². The van der Waals surface area contributed by atoms with Crippen molar-refractivity contribution in [3.8, 4) is 0 Å². The summed E-state index contributed by atoms with van der Waals surface area (Å²) in [5.41, 5.74) is 1.21. The molecule has 0 aliphatic carbocycles. The van der Waals surface area contributed by atoms with Gasteiger partial charge >= 0.3 is 0 Å². The molecule has 1 unspecified atom stereocenters. The number of benzene rings is 1. The predicted octanol–water partition coefficient (Wildman–Crippen LogP) is 2.70. The Hall–Kier alpha value is -0.610. The number of rotatable bonds is 9. The van der Waals surface area contributed by atoms with Crippen LogP contribution in [0.3, 0.4) is 0 Å². The number of nitrogens with one attached hydrogen (secondary N) is 1. The lowest BCUT2D eigenvalue weighted by Crippen LogP contribution is -2.27. The molecule has 1 N–H and O–H groups in total. The third-order valence-corrected chi connectivity index (χ3v) is 2.95. The molecule has 1 rings (SSSR count). The lowest BCUT2D eigenvalue weighted by atomic mass is 10.00. The zero-order chi connectivity index (χ0) is 13.2. The Bertz CT molecular complexity index is 333. The van der Waals surface area contributed by atoms with E-state index in [-0.39, 0.29) is 0 Å². The first-order valence-electron chi connectivity index (χ1n) is 6.30. The highest BCUT2D eigenvalue weighted by Gasteiger charge is 2.11. The molecule has 0 saturated heterocycles. The predicted molar refractivity (Wildman–Crippen MR) is 75.4 cm³/mol. The standard InChI is InChI=1S/C14H22ClNO2/c1-3-18-11-13(10-16-7-8-17-2)12-5-4-6-14(15)9-12/h4-6,9,13,16H,3,7-8,10-11H2,1-2H3. The van der Waals surface area contributed by atoms with Crippen LogP contribution in [0.5, 0.6) is 0 Å². The van der Waals surface area contributed by atoms with E-state index in [9.17, 15) is 0 Å². The molecule has 0 saturated carbocycles. The fourth-order valence-corrected chi connectivity index (χ4v) is 1.94. The Labute approximate surface area is 114 Å². The molecule has 0 aliphatic heterocycles. The maximum Gasteiger partial charge on any atom is 0.0587 e. The van der Waals surface area contributed by atoms with E-state index in [0.717, 1.165) is 31.3 Å². The first-order valence-corrected chi connectivity index (χ1v) is 6.68. The van der Waals surface area contributed by atoms with E-state index in [2.05, 4.69) is 11.4 Å². The van der Waals surface area contributed by atoms with Gasteiger partial charge in [0, 0.05) is 37.7 Å². The molecule has 18 heavy (non-hydrogen) atoms. The molecule has 0 aromatic heterocycles. The van der Waals surface area contributed by atoms with Crippen molar-refractivity contribution in [1.82, 2.24) is 5.32 Å². The lowest BCUT2D eigenvalue weighted by molar-refractivity contribution is 0.130. The molecule has 0 amide bonds. The molecular weight excluding hydrogens is 250 g/mol. The summed E-state index contributed by atoms with van der Waals surface area (Å²) in [4.78, 5) is 0. The Kier molecular flexibility index (Phi) is 8.01. The van der Waals surface area contributed by atoms with Crippen LogP contribution in [0.25, 0.3) is 0 Å². The quantitative estimate of drug-likeness (QED) is 0.701. The van der Waals surface area contributed by atoms with Crippen molar-refractivity contribution in [3.63, 3.8) is 0 Å². The van der Waals surface area contributed by atoms with Crippen molar-refractivity contribution >= 4 is 11.6 Å². The second-order valence-corrected chi connectivity index (χ2v) is 4.54. The lowest BCUT2D eigenvalue weighted by Gasteiger charge is -2.18. The van der Waals surface area contributed by atoms with Crippen LogP contribution < -0.4 is 5.32 Å². The highest BCUT2D eigenvalue weighted by atomic mass is 35.5. The molecular formula is C14H22ClNO2. The van der Waals surface area contributed by atoms with Gasteiger partial charge in [-0.3, -0.25) is 0 Å². The van der Waals surface area contributed by atoms with Gasteiger partial charge in [-0.25, -0.2) is 0 Å². The Morgan fingerprint density at radius 1 is 1.39 bits per heavy atom. The fourth-order valence-electron chi connectivity index (χ4n) is 1.74. The number of methoxy groups -OCH3 is 1. The van der Waals surface area contributed by atoms with Crippen LogP contribution in [0, 0.1) is 0 Å². The minimum absolute atomic E-state index is 0.320. The third-order valence-electron chi connectivity index (χ3n) is 2.72. The molecule has 1 aromatic carbocycles. The number of hydrogen-bond donors (Lipinski definition) is 1. The van der Waals surface area contributed by atoms with Crippen LogP contribution in [0.1, 0.15) is 18.4 Å². The van der Waals surface area contributed by atoms with Gasteiger partial charge in [0.15, 0.2) is 0 Å². The number of halogens is 1. The zero-order valence-corrected chi connectivity index (χ0v) is 11.9. The summed E-state index contributed by atoms with van der Waals surface area (Å²) in [7, 11) is 1.70. The molecule has 102 valence electrons. The second kappa shape index (κ2) is 9.34. The minimum Gasteiger partial charge on any atom is -0.383 e. The van der Waals surface area contributed by atoms with Gasteiger partial charge in [0.1, 0.15) is 0 Å². The monoisotopic (exact) mass is 271 g/mol. The molecule has 3 nitrogen and oxygen atoms in total. The van der Waals surface area contributed by atoms with Crippen molar-refractivity contribution < 1.29 is 9.47 Å². The number of hydrogen-bond acceptors (Lipinski definition) is 3. The molecule has 1 atom stereocenters. The minimum atomic E-state index is 0.320. The molecule has 1 aromatic rings. The molecule has 0 radical (unpaired) electrons. The maximum atomic E-state index is 6.03.